The summed E-state index contributed by atoms with van der Waals surface area (Å²) in [7, 11) is 0. The average molecular weight is 281 g/mol. The van der Waals surface area contributed by atoms with Gasteiger partial charge in [-0.1, -0.05) is 12.1 Å². The summed E-state index contributed by atoms with van der Waals surface area (Å²) in [5.74, 6) is 0.718. The molecule has 18 heavy (non-hydrogen) atoms. The molecule has 0 radical (unpaired) electrons. The van der Waals surface area contributed by atoms with Crippen LogP contribution in [0.15, 0.2) is 29.6 Å². The molecule has 1 heterocycles. The summed E-state index contributed by atoms with van der Waals surface area (Å²) in [6.45, 7) is 2.81. The Balaban J connectivity index is 1.92. The van der Waals surface area contributed by atoms with E-state index in [1.807, 2.05) is 6.92 Å². The van der Waals surface area contributed by atoms with Gasteiger partial charge in [0.25, 0.3) is 0 Å². The number of thiazole rings is 1. The monoisotopic (exact) mass is 280 g/mol. The van der Waals surface area contributed by atoms with Gasteiger partial charge in [0, 0.05) is 22.6 Å². The minimum absolute atomic E-state index is 0.718. The molecule has 0 atom stereocenters. The van der Waals surface area contributed by atoms with Crippen molar-refractivity contribution in [2.75, 3.05) is 11.2 Å². The number of aromatic nitrogens is 1. The van der Waals surface area contributed by atoms with Crippen molar-refractivity contribution in [3.8, 4) is 0 Å². The average Bonchev–Trinajstić information content (AvgIpc) is 2.80. The number of alkyl halides is 1. The van der Waals surface area contributed by atoms with Crippen LogP contribution in [0.4, 0.5) is 5.69 Å². The molecule has 1 N–H and O–H groups in total. The summed E-state index contributed by atoms with van der Waals surface area (Å²) in [4.78, 5) is 4.44. The van der Waals surface area contributed by atoms with Crippen LogP contribution in [0.5, 0.6) is 0 Å². The maximum Gasteiger partial charge on any atom is 0.112 e. The number of benzene rings is 1. The van der Waals surface area contributed by atoms with Crippen LogP contribution in [0, 0.1) is 6.92 Å². The normalized spacial score (nSPS) is 10.6. The molecule has 1 aromatic heterocycles. The quantitative estimate of drug-likeness (QED) is 0.801. The van der Waals surface area contributed by atoms with E-state index in [-0.39, 0.29) is 0 Å². The lowest BCUT2D eigenvalue weighted by atomic mass is 10.1. The maximum atomic E-state index is 5.71. The van der Waals surface area contributed by atoms with E-state index in [4.69, 9.17) is 11.6 Å². The van der Waals surface area contributed by atoms with E-state index < -0.39 is 0 Å². The van der Waals surface area contributed by atoms with Gasteiger partial charge in [0.1, 0.15) is 5.01 Å². The number of halogens is 1. The number of rotatable bonds is 6. The number of nitrogens with zero attached hydrogens (tertiary/aromatic N) is 1. The molecular formula is C14H17ClN2S. The lowest BCUT2D eigenvalue weighted by Gasteiger charge is -2.06. The lowest BCUT2D eigenvalue weighted by Crippen LogP contribution is -1.99. The van der Waals surface area contributed by atoms with Crippen LogP contribution in [0.1, 0.15) is 22.7 Å². The third-order valence-electron chi connectivity index (χ3n) is 2.64. The number of aryl methyl sites for hydroxylation is 2. The van der Waals surface area contributed by atoms with E-state index in [1.165, 1.54) is 5.56 Å². The highest BCUT2D eigenvalue weighted by Crippen LogP contribution is 2.15. The molecule has 0 aliphatic heterocycles. The second kappa shape index (κ2) is 6.76. The molecule has 96 valence electrons. The van der Waals surface area contributed by atoms with Crippen molar-refractivity contribution in [2.24, 2.45) is 0 Å². The Morgan fingerprint density at radius 2 is 2.28 bits per heavy atom. The standard InChI is InChI=1S/C14H17ClN2S/c1-11-10-18-14(17-11)9-16-13-6-2-4-12(8-13)5-3-7-15/h2,4,6,8,10,16H,3,5,7,9H2,1H3. The summed E-state index contributed by atoms with van der Waals surface area (Å²) in [6, 6.07) is 8.50. The molecule has 0 aliphatic rings. The van der Waals surface area contributed by atoms with Crippen molar-refractivity contribution in [1.82, 2.24) is 4.98 Å². The van der Waals surface area contributed by atoms with E-state index in [9.17, 15) is 0 Å². The predicted octanol–water partition coefficient (Wildman–Crippen LogP) is 4.24. The van der Waals surface area contributed by atoms with Crippen LogP contribution in [0.3, 0.4) is 0 Å². The number of nitrogens with one attached hydrogen (secondary N) is 1. The van der Waals surface area contributed by atoms with Crippen molar-refractivity contribution >= 4 is 28.6 Å². The Morgan fingerprint density at radius 3 is 3.00 bits per heavy atom. The van der Waals surface area contributed by atoms with Gasteiger partial charge in [-0.25, -0.2) is 4.98 Å². The Kier molecular flexibility index (Phi) is 5.02. The summed E-state index contributed by atoms with van der Waals surface area (Å²) in [5, 5.41) is 6.61. The first kappa shape index (κ1) is 13.4. The Hall–Kier alpha value is -1.06. The van der Waals surface area contributed by atoms with E-state index in [2.05, 4.69) is 39.9 Å². The van der Waals surface area contributed by atoms with Gasteiger partial charge < -0.3 is 5.32 Å². The van der Waals surface area contributed by atoms with Crippen molar-refractivity contribution in [3.05, 3.63) is 45.9 Å². The molecule has 0 bridgehead atoms. The minimum Gasteiger partial charge on any atom is -0.379 e. The number of anilines is 1. The van der Waals surface area contributed by atoms with Crippen LogP contribution in [-0.4, -0.2) is 10.9 Å². The molecule has 1 aromatic carbocycles. The number of hydrogen-bond acceptors (Lipinski definition) is 3. The molecule has 2 nitrogen and oxygen atoms in total. The molecular weight excluding hydrogens is 264 g/mol. The van der Waals surface area contributed by atoms with Crippen molar-refractivity contribution in [1.29, 1.82) is 0 Å². The van der Waals surface area contributed by atoms with Gasteiger partial charge in [0.05, 0.1) is 6.54 Å². The molecule has 0 fully saturated rings. The second-order valence-corrected chi connectivity index (χ2v) is 5.55. The summed E-state index contributed by atoms with van der Waals surface area (Å²) in [5.41, 5.74) is 3.57. The van der Waals surface area contributed by atoms with E-state index in [1.54, 1.807) is 11.3 Å². The molecule has 0 saturated carbocycles. The van der Waals surface area contributed by atoms with Gasteiger partial charge in [0.2, 0.25) is 0 Å². The number of hydrogen-bond donors (Lipinski definition) is 1. The SMILES string of the molecule is Cc1csc(CNc2cccc(CCCCl)c2)n1. The Bertz CT molecular complexity index is 496. The van der Waals surface area contributed by atoms with Crippen LogP contribution in [0.2, 0.25) is 0 Å². The zero-order chi connectivity index (χ0) is 12.8. The molecule has 2 aromatic rings. The van der Waals surface area contributed by atoms with Gasteiger partial charge >= 0.3 is 0 Å². The maximum absolute atomic E-state index is 5.71. The first-order valence-corrected chi connectivity index (χ1v) is 7.49. The molecule has 0 amide bonds. The molecule has 0 unspecified atom stereocenters. The fraction of sp³-hybridized carbons (Fsp3) is 0.357. The zero-order valence-corrected chi connectivity index (χ0v) is 12.0. The third kappa shape index (κ3) is 4.00. The topological polar surface area (TPSA) is 24.9 Å². The molecule has 0 aliphatic carbocycles. The first-order chi connectivity index (χ1) is 8.78. The Labute approximate surface area is 117 Å². The Morgan fingerprint density at radius 1 is 1.39 bits per heavy atom. The van der Waals surface area contributed by atoms with Crippen LogP contribution >= 0.6 is 22.9 Å². The van der Waals surface area contributed by atoms with Crippen molar-refractivity contribution < 1.29 is 0 Å². The fourth-order valence-corrected chi connectivity index (χ4v) is 2.61. The van der Waals surface area contributed by atoms with Crippen LogP contribution in [-0.2, 0) is 13.0 Å². The fourth-order valence-electron chi connectivity index (χ4n) is 1.77. The highest BCUT2D eigenvalue weighted by molar-refractivity contribution is 7.09. The molecule has 2 rings (SSSR count). The van der Waals surface area contributed by atoms with Gasteiger partial charge in [-0.05, 0) is 37.5 Å². The van der Waals surface area contributed by atoms with Gasteiger partial charge in [-0.2, -0.15) is 0 Å². The third-order valence-corrected chi connectivity index (χ3v) is 3.87. The van der Waals surface area contributed by atoms with Crippen LogP contribution in [0.25, 0.3) is 0 Å². The minimum atomic E-state index is 0.718. The van der Waals surface area contributed by atoms with E-state index in [0.29, 0.717) is 0 Å². The van der Waals surface area contributed by atoms with E-state index >= 15 is 0 Å². The van der Waals surface area contributed by atoms with Gasteiger partial charge in [-0.15, -0.1) is 22.9 Å². The first-order valence-electron chi connectivity index (χ1n) is 6.08. The molecule has 0 spiro atoms. The lowest BCUT2D eigenvalue weighted by molar-refractivity contribution is 0.928. The van der Waals surface area contributed by atoms with Gasteiger partial charge in [-0.3, -0.25) is 0 Å². The molecule has 4 heteroatoms. The summed E-state index contributed by atoms with van der Waals surface area (Å²) >= 11 is 7.41. The van der Waals surface area contributed by atoms with Crippen molar-refractivity contribution in [2.45, 2.75) is 26.3 Å². The molecule has 0 saturated heterocycles. The predicted molar refractivity (Wildman–Crippen MR) is 79.7 cm³/mol. The smallest absolute Gasteiger partial charge is 0.112 e. The highest BCUT2D eigenvalue weighted by atomic mass is 35.5. The second-order valence-electron chi connectivity index (χ2n) is 4.23. The largest absolute Gasteiger partial charge is 0.379 e. The van der Waals surface area contributed by atoms with Crippen molar-refractivity contribution in [3.63, 3.8) is 0 Å². The van der Waals surface area contributed by atoms with Gasteiger partial charge in [0.15, 0.2) is 0 Å². The highest BCUT2D eigenvalue weighted by Gasteiger charge is 1.99. The summed E-state index contributed by atoms with van der Waals surface area (Å²) < 4.78 is 0. The zero-order valence-electron chi connectivity index (χ0n) is 10.4. The van der Waals surface area contributed by atoms with Crippen LogP contribution < -0.4 is 5.32 Å². The van der Waals surface area contributed by atoms with E-state index in [0.717, 1.165) is 41.7 Å². The summed E-state index contributed by atoms with van der Waals surface area (Å²) in [6.07, 6.45) is 2.06.